The minimum Gasteiger partial charge on any atom is -0.358 e. The maximum atomic E-state index is 4.97. The van der Waals surface area contributed by atoms with Crippen LogP contribution in [-0.2, 0) is 0 Å². The van der Waals surface area contributed by atoms with Gasteiger partial charge in [-0.1, -0.05) is 44.2 Å². The Labute approximate surface area is 169 Å². The fourth-order valence-corrected chi connectivity index (χ4v) is 7.44. The van der Waals surface area contributed by atoms with Crippen LogP contribution >= 0.6 is 0 Å². The van der Waals surface area contributed by atoms with Crippen molar-refractivity contribution in [2.24, 2.45) is 22.2 Å². The summed E-state index contributed by atoms with van der Waals surface area (Å²) in [5, 5.41) is 0. The van der Waals surface area contributed by atoms with Crippen LogP contribution < -0.4 is 0 Å². The smallest absolute Gasteiger partial charge is 0.0664 e. The van der Waals surface area contributed by atoms with Crippen LogP contribution in [-0.4, -0.2) is 46.7 Å². The van der Waals surface area contributed by atoms with Gasteiger partial charge in [0.2, 0.25) is 0 Å². The molecule has 5 aliphatic heterocycles. The van der Waals surface area contributed by atoms with E-state index in [2.05, 4.69) is 60.2 Å². The molecule has 28 heavy (non-hydrogen) atoms. The minimum absolute atomic E-state index is 0.332. The van der Waals surface area contributed by atoms with Gasteiger partial charge < -0.3 is 4.90 Å². The second-order valence-electron chi connectivity index (χ2n) is 9.88. The van der Waals surface area contributed by atoms with E-state index < -0.39 is 0 Å². The summed E-state index contributed by atoms with van der Waals surface area (Å²) < 4.78 is 0. The molecular weight excluding hydrogens is 342 g/mol. The second-order valence-corrected chi connectivity index (χ2v) is 9.88. The van der Waals surface area contributed by atoms with E-state index in [0.29, 0.717) is 29.5 Å². The van der Waals surface area contributed by atoms with Gasteiger partial charge in [-0.2, -0.15) is 0 Å². The highest BCUT2D eigenvalue weighted by molar-refractivity contribution is 6.02. The number of hydrogen-bond acceptors (Lipinski definition) is 3. The first kappa shape index (κ1) is 17.3. The number of nitrogens with zero attached hydrogens (tertiary/aromatic N) is 3. The van der Waals surface area contributed by atoms with Crippen LogP contribution in [0.15, 0.2) is 52.8 Å². The standard InChI is InChI=1S/C25H33N3/c1-3-25-12-7-14-27-15-11-19-18-9-4-5-10-20(18)28(23(19)24(25)27)21(16-25)22-17(2)8-6-13-26-22/h4-6,9,13,16-17,19-20,23-24H,3,7-8,10-12,14-15H2,1-2H3/t17?,19?,20?,23?,24-,25+/m1/s1. The predicted octanol–water partition coefficient (Wildman–Crippen LogP) is 4.70. The van der Waals surface area contributed by atoms with Gasteiger partial charge in [0.05, 0.1) is 23.5 Å². The molecule has 3 nitrogen and oxygen atoms in total. The highest BCUT2D eigenvalue weighted by Crippen LogP contribution is 2.57. The van der Waals surface area contributed by atoms with Crippen molar-refractivity contribution in [1.29, 1.82) is 0 Å². The van der Waals surface area contributed by atoms with Crippen molar-refractivity contribution in [1.82, 2.24) is 9.80 Å². The topological polar surface area (TPSA) is 18.8 Å². The lowest BCUT2D eigenvalue weighted by atomic mass is 9.62. The van der Waals surface area contributed by atoms with Crippen LogP contribution in [0.25, 0.3) is 0 Å². The van der Waals surface area contributed by atoms with Gasteiger partial charge in [0.1, 0.15) is 0 Å². The Morgan fingerprint density at radius 1 is 1.21 bits per heavy atom. The van der Waals surface area contributed by atoms with Crippen molar-refractivity contribution in [2.45, 2.75) is 70.5 Å². The van der Waals surface area contributed by atoms with Gasteiger partial charge in [-0.3, -0.25) is 9.89 Å². The van der Waals surface area contributed by atoms with Crippen LogP contribution in [0.4, 0.5) is 0 Å². The molecule has 0 radical (unpaired) electrons. The molecular formula is C25H33N3. The summed E-state index contributed by atoms with van der Waals surface area (Å²) in [6.45, 7) is 7.39. The van der Waals surface area contributed by atoms with E-state index in [4.69, 9.17) is 4.99 Å². The average molecular weight is 376 g/mol. The monoisotopic (exact) mass is 375 g/mol. The fourth-order valence-electron chi connectivity index (χ4n) is 7.44. The molecule has 148 valence electrons. The quantitative estimate of drug-likeness (QED) is 0.697. The van der Waals surface area contributed by atoms with Gasteiger partial charge in [0.15, 0.2) is 0 Å². The molecule has 0 aromatic heterocycles. The van der Waals surface area contributed by atoms with E-state index in [9.17, 15) is 0 Å². The third kappa shape index (κ3) is 2.17. The van der Waals surface area contributed by atoms with Crippen molar-refractivity contribution in [3.8, 4) is 0 Å². The number of hydrogen-bond donors (Lipinski definition) is 0. The summed E-state index contributed by atoms with van der Waals surface area (Å²) in [5.41, 5.74) is 4.90. The van der Waals surface area contributed by atoms with E-state index in [1.165, 1.54) is 56.6 Å². The Morgan fingerprint density at radius 3 is 3.00 bits per heavy atom. The third-order valence-corrected chi connectivity index (χ3v) is 8.69. The Morgan fingerprint density at radius 2 is 2.14 bits per heavy atom. The zero-order valence-corrected chi connectivity index (χ0v) is 17.3. The SMILES string of the molecule is CC[C@@]12C=C(C3=NC=CCC3C)N3C4CC=CC=C4C4CCN(CCC1)[C@@H]2C43. The van der Waals surface area contributed by atoms with Crippen LogP contribution in [0.2, 0.25) is 0 Å². The number of allylic oxidation sites excluding steroid dienone is 4. The van der Waals surface area contributed by atoms with E-state index in [0.717, 1.165) is 12.3 Å². The molecule has 0 saturated carbocycles. The lowest BCUT2D eigenvalue weighted by molar-refractivity contribution is -0.0543. The normalized spacial score (nSPS) is 43.9. The third-order valence-electron chi connectivity index (χ3n) is 8.69. The average Bonchev–Trinajstić information content (AvgIpc) is 3.08. The van der Waals surface area contributed by atoms with E-state index in [1.807, 2.05) is 0 Å². The lowest BCUT2D eigenvalue weighted by Crippen LogP contribution is -2.67. The van der Waals surface area contributed by atoms with Gasteiger partial charge in [-0.15, -0.1) is 0 Å². The zero-order valence-electron chi connectivity index (χ0n) is 17.3. The maximum Gasteiger partial charge on any atom is 0.0664 e. The molecule has 0 aromatic rings. The molecule has 6 atom stereocenters. The second kappa shape index (κ2) is 6.19. The highest BCUT2D eigenvalue weighted by atomic mass is 15.3. The molecule has 4 unspecified atom stereocenters. The van der Waals surface area contributed by atoms with Crippen LogP contribution in [0.5, 0.6) is 0 Å². The molecule has 0 N–H and O–H groups in total. The summed E-state index contributed by atoms with van der Waals surface area (Å²) in [6, 6.07) is 1.89. The van der Waals surface area contributed by atoms with Gasteiger partial charge in [0, 0.05) is 29.5 Å². The Bertz CT molecular complexity index is 831. The molecule has 5 heterocycles. The molecule has 3 heteroatoms. The summed E-state index contributed by atoms with van der Waals surface area (Å²) in [7, 11) is 0. The molecule has 6 rings (SSSR count). The predicted molar refractivity (Wildman–Crippen MR) is 115 cm³/mol. The Balaban J connectivity index is 1.56. The van der Waals surface area contributed by atoms with Crippen molar-refractivity contribution in [2.75, 3.05) is 13.1 Å². The fraction of sp³-hybridized carbons (Fsp3) is 0.640. The highest BCUT2D eigenvalue weighted by Gasteiger charge is 2.61. The molecule has 0 aromatic carbocycles. The minimum atomic E-state index is 0.332. The molecule has 3 saturated heterocycles. The van der Waals surface area contributed by atoms with Gasteiger partial charge in [0.25, 0.3) is 0 Å². The van der Waals surface area contributed by atoms with Crippen molar-refractivity contribution in [3.05, 3.63) is 47.9 Å². The molecule has 0 amide bonds. The number of fused-ring (bicyclic) bond motifs is 3. The number of piperidine rings is 2. The van der Waals surface area contributed by atoms with Gasteiger partial charge in [-0.25, -0.2) is 0 Å². The van der Waals surface area contributed by atoms with Crippen LogP contribution in [0.1, 0.15) is 52.4 Å². The first-order chi connectivity index (χ1) is 13.7. The van der Waals surface area contributed by atoms with E-state index in [-0.39, 0.29) is 0 Å². The lowest BCUT2D eigenvalue weighted by Gasteiger charge is -2.60. The van der Waals surface area contributed by atoms with E-state index >= 15 is 0 Å². The first-order valence-corrected chi connectivity index (χ1v) is 11.6. The summed E-state index contributed by atoms with van der Waals surface area (Å²) in [6.07, 6.45) is 21.8. The Kier molecular flexibility index (Phi) is 3.82. The number of aliphatic imine (C=N–C) groups is 1. The largest absolute Gasteiger partial charge is 0.358 e. The summed E-state index contributed by atoms with van der Waals surface area (Å²) in [5.74, 6) is 1.26. The van der Waals surface area contributed by atoms with Crippen molar-refractivity contribution >= 4 is 5.71 Å². The number of rotatable bonds is 2. The van der Waals surface area contributed by atoms with Crippen molar-refractivity contribution < 1.29 is 0 Å². The zero-order chi connectivity index (χ0) is 18.9. The van der Waals surface area contributed by atoms with Gasteiger partial charge in [-0.05, 0) is 57.2 Å². The van der Waals surface area contributed by atoms with Crippen LogP contribution in [0.3, 0.4) is 0 Å². The molecule has 3 fully saturated rings. The first-order valence-electron chi connectivity index (χ1n) is 11.6. The molecule has 0 spiro atoms. The summed E-state index contributed by atoms with van der Waals surface area (Å²) >= 11 is 0. The molecule has 1 aliphatic carbocycles. The van der Waals surface area contributed by atoms with Gasteiger partial charge >= 0.3 is 0 Å². The van der Waals surface area contributed by atoms with E-state index in [1.54, 1.807) is 5.57 Å². The van der Waals surface area contributed by atoms with Crippen molar-refractivity contribution in [3.63, 3.8) is 0 Å². The summed E-state index contributed by atoms with van der Waals surface area (Å²) in [4.78, 5) is 10.7. The Hall–Kier alpha value is -1.61. The molecule has 6 aliphatic rings. The van der Waals surface area contributed by atoms with Crippen LogP contribution in [0, 0.1) is 17.3 Å². The maximum absolute atomic E-state index is 4.97. The molecule has 0 bridgehead atoms.